The largest absolute Gasteiger partial charge is 0.484 e. The first-order valence-corrected chi connectivity index (χ1v) is 11.1. The third-order valence-corrected chi connectivity index (χ3v) is 6.21. The molecule has 2 atom stereocenters. The number of halogens is 5. The molecule has 2 amide bonds. The summed E-state index contributed by atoms with van der Waals surface area (Å²) < 4.78 is 57.5. The summed E-state index contributed by atoms with van der Waals surface area (Å²) >= 11 is 5.61. The molecule has 2 aromatic carbocycles. The van der Waals surface area contributed by atoms with Crippen molar-refractivity contribution >= 4 is 23.4 Å². The van der Waals surface area contributed by atoms with Crippen molar-refractivity contribution < 1.29 is 31.9 Å². The molecular weight excluding hydrogens is 478 g/mol. The van der Waals surface area contributed by atoms with Gasteiger partial charge in [0.2, 0.25) is 5.91 Å². The summed E-state index contributed by atoms with van der Waals surface area (Å²) in [5, 5.41) is 5.87. The van der Waals surface area contributed by atoms with Gasteiger partial charge in [-0.05, 0) is 48.2 Å². The number of alkyl halides is 3. The monoisotopic (exact) mass is 499 g/mol. The molecule has 0 bridgehead atoms. The van der Waals surface area contributed by atoms with E-state index in [4.69, 9.17) is 16.3 Å². The summed E-state index contributed by atoms with van der Waals surface area (Å²) in [6.45, 7) is 0.467. The van der Waals surface area contributed by atoms with Crippen LogP contribution >= 0.6 is 11.6 Å². The second-order valence-corrected chi connectivity index (χ2v) is 8.75. The smallest absolute Gasteiger partial charge is 0.416 e. The van der Waals surface area contributed by atoms with Crippen molar-refractivity contribution in [3.8, 4) is 5.75 Å². The molecular formula is C23H22ClF4N3O3. The highest BCUT2D eigenvalue weighted by atomic mass is 35.5. The molecule has 2 heterocycles. The topological polar surface area (TPSA) is 70.7 Å². The molecule has 2 N–H and O–H groups in total. The second kappa shape index (κ2) is 9.79. The van der Waals surface area contributed by atoms with E-state index < -0.39 is 23.6 Å². The van der Waals surface area contributed by atoms with Crippen molar-refractivity contribution in [2.75, 3.05) is 13.2 Å². The molecule has 2 aliphatic heterocycles. The molecule has 1 fully saturated rings. The van der Waals surface area contributed by atoms with Gasteiger partial charge in [-0.25, -0.2) is 4.39 Å². The van der Waals surface area contributed by atoms with Gasteiger partial charge in [-0.3, -0.25) is 9.59 Å². The number of fused-ring (bicyclic) bond motifs is 1. The highest BCUT2D eigenvalue weighted by Gasteiger charge is 2.35. The number of nitrogens with one attached hydrogen (secondary N) is 2. The van der Waals surface area contributed by atoms with Crippen molar-refractivity contribution in [2.45, 2.75) is 44.2 Å². The quantitative estimate of drug-likeness (QED) is 0.616. The van der Waals surface area contributed by atoms with Gasteiger partial charge in [0.05, 0.1) is 16.6 Å². The number of carbonyl (C=O) groups excluding carboxylic acids is 2. The summed E-state index contributed by atoms with van der Waals surface area (Å²) in [7, 11) is 0. The van der Waals surface area contributed by atoms with E-state index in [1.807, 2.05) is 0 Å². The number of ether oxygens (including phenoxy) is 1. The van der Waals surface area contributed by atoms with Crippen LogP contribution in [-0.4, -0.2) is 41.9 Å². The van der Waals surface area contributed by atoms with E-state index >= 15 is 0 Å². The van der Waals surface area contributed by atoms with Gasteiger partial charge in [-0.15, -0.1) is 0 Å². The standard InChI is InChI=1S/C23H22ClF4N3O3/c24-18-5-4-17(8-19(18)25)34-12-21(32)30-16-3-6-20(29-9-16)22(33)31-10-13-1-2-15(23(26,27)28)7-14(13)11-31/h1-2,4-5,7-8,16,20,29H,3,6,9-12H2,(H,30,32). The van der Waals surface area contributed by atoms with Crippen molar-refractivity contribution in [2.24, 2.45) is 0 Å². The van der Waals surface area contributed by atoms with Crippen LogP contribution < -0.4 is 15.4 Å². The zero-order valence-electron chi connectivity index (χ0n) is 17.9. The lowest BCUT2D eigenvalue weighted by atomic mass is 9.99. The molecule has 4 rings (SSSR count). The Morgan fingerprint density at radius 2 is 1.88 bits per heavy atom. The molecule has 2 unspecified atom stereocenters. The summed E-state index contributed by atoms with van der Waals surface area (Å²) in [6, 6.07) is 6.75. The maximum Gasteiger partial charge on any atom is 0.416 e. The van der Waals surface area contributed by atoms with Gasteiger partial charge in [0, 0.05) is 31.7 Å². The number of hydrogen-bond acceptors (Lipinski definition) is 4. The van der Waals surface area contributed by atoms with Gasteiger partial charge >= 0.3 is 6.18 Å². The fourth-order valence-corrected chi connectivity index (χ4v) is 4.24. The van der Waals surface area contributed by atoms with Crippen molar-refractivity contribution in [1.82, 2.24) is 15.5 Å². The van der Waals surface area contributed by atoms with Crippen LogP contribution in [-0.2, 0) is 28.9 Å². The van der Waals surface area contributed by atoms with E-state index in [9.17, 15) is 27.2 Å². The third-order valence-electron chi connectivity index (χ3n) is 5.91. The number of carbonyl (C=O) groups is 2. The van der Waals surface area contributed by atoms with Crippen molar-refractivity contribution in [3.63, 3.8) is 0 Å². The molecule has 0 saturated carbocycles. The lowest BCUT2D eigenvalue weighted by Crippen LogP contribution is -2.55. The average Bonchev–Trinajstić information content (AvgIpc) is 3.23. The van der Waals surface area contributed by atoms with Crippen LogP contribution in [0.3, 0.4) is 0 Å². The summed E-state index contributed by atoms with van der Waals surface area (Å²) in [5.41, 5.74) is 0.493. The lowest BCUT2D eigenvalue weighted by Gasteiger charge is -2.32. The Kier molecular flexibility index (Phi) is 6.99. The average molecular weight is 500 g/mol. The van der Waals surface area contributed by atoms with Crippen LogP contribution in [0, 0.1) is 5.82 Å². The number of piperidine rings is 1. The van der Waals surface area contributed by atoms with E-state index in [0.29, 0.717) is 30.5 Å². The molecule has 0 radical (unpaired) electrons. The first-order chi connectivity index (χ1) is 16.1. The van der Waals surface area contributed by atoms with E-state index in [1.165, 1.54) is 18.2 Å². The molecule has 1 saturated heterocycles. The summed E-state index contributed by atoms with van der Waals surface area (Å²) in [4.78, 5) is 26.6. The molecule has 2 aromatic rings. The molecule has 34 heavy (non-hydrogen) atoms. The first-order valence-electron chi connectivity index (χ1n) is 10.7. The minimum atomic E-state index is -4.42. The minimum Gasteiger partial charge on any atom is -0.484 e. The molecule has 182 valence electrons. The highest BCUT2D eigenvalue weighted by molar-refractivity contribution is 6.30. The lowest BCUT2D eigenvalue weighted by molar-refractivity contribution is -0.137. The third kappa shape index (κ3) is 5.61. The molecule has 0 spiro atoms. The van der Waals surface area contributed by atoms with Crippen molar-refractivity contribution in [1.29, 1.82) is 0 Å². The summed E-state index contributed by atoms with van der Waals surface area (Å²) in [6.07, 6.45) is -3.41. The van der Waals surface area contributed by atoms with Gasteiger partial charge in [0.15, 0.2) is 6.61 Å². The first kappa shape index (κ1) is 24.3. The molecule has 0 aromatic heterocycles. The van der Waals surface area contributed by atoms with Gasteiger partial charge < -0.3 is 20.3 Å². The fraction of sp³-hybridized carbons (Fsp3) is 0.391. The van der Waals surface area contributed by atoms with Crippen LogP contribution in [0.25, 0.3) is 0 Å². The number of nitrogens with zero attached hydrogens (tertiary/aromatic N) is 1. The summed E-state index contributed by atoms with van der Waals surface area (Å²) in [5.74, 6) is -1.03. The Hall–Kier alpha value is -2.85. The van der Waals surface area contributed by atoms with E-state index in [2.05, 4.69) is 10.6 Å². The second-order valence-electron chi connectivity index (χ2n) is 8.34. The number of rotatable bonds is 5. The van der Waals surface area contributed by atoms with E-state index in [0.717, 1.165) is 18.2 Å². The Balaban J connectivity index is 1.23. The zero-order chi connectivity index (χ0) is 24.5. The molecule has 0 aliphatic carbocycles. The Morgan fingerprint density at radius 1 is 1.12 bits per heavy atom. The molecule has 11 heteroatoms. The maximum absolute atomic E-state index is 13.4. The van der Waals surface area contributed by atoms with Crippen LogP contribution in [0.15, 0.2) is 36.4 Å². The van der Waals surface area contributed by atoms with Gasteiger partial charge in [-0.1, -0.05) is 17.7 Å². The van der Waals surface area contributed by atoms with E-state index in [-0.39, 0.29) is 48.3 Å². The van der Waals surface area contributed by atoms with Crippen molar-refractivity contribution in [3.05, 3.63) is 63.9 Å². The molecule has 2 aliphatic rings. The van der Waals surface area contributed by atoms with E-state index in [1.54, 1.807) is 4.90 Å². The highest BCUT2D eigenvalue weighted by Crippen LogP contribution is 2.33. The van der Waals surface area contributed by atoms with Crippen LogP contribution in [0.5, 0.6) is 5.75 Å². The predicted molar refractivity (Wildman–Crippen MR) is 116 cm³/mol. The normalized spacial score (nSPS) is 20.1. The Morgan fingerprint density at radius 3 is 2.56 bits per heavy atom. The predicted octanol–water partition coefficient (Wildman–Crippen LogP) is 3.66. The Bertz CT molecular complexity index is 1090. The zero-order valence-corrected chi connectivity index (χ0v) is 18.7. The molecule has 6 nitrogen and oxygen atoms in total. The van der Waals surface area contributed by atoms with Gasteiger partial charge in [0.25, 0.3) is 5.91 Å². The number of hydrogen-bond donors (Lipinski definition) is 2. The van der Waals surface area contributed by atoms with Crippen LogP contribution in [0.2, 0.25) is 5.02 Å². The number of amides is 2. The maximum atomic E-state index is 13.4. The van der Waals surface area contributed by atoms with Gasteiger partial charge in [-0.2, -0.15) is 13.2 Å². The van der Waals surface area contributed by atoms with Crippen LogP contribution in [0.1, 0.15) is 29.5 Å². The van der Waals surface area contributed by atoms with Crippen LogP contribution in [0.4, 0.5) is 17.6 Å². The Labute approximate surface area is 198 Å². The SMILES string of the molecule is O=C(COc1ccc(Cl)c(F)c1)NC1CCC(C(=O)N2Cc3ccc(C(F)(F)F)cc3C2)NC1. The minimum absolute atomic E-state index is 0.0435. The van der Waals surface area contributed by atoms with Gasteiger partial charge in [0.1, 0.15) is 11.6 Å². The number of benzene rings is 2. The fourth-order valence-electron chi connectivity index (χ4n) is 4.12.